The van der Waals surface area contributed by atoms with Gasteiger partial charge in [-0.2, -0.15) is 0 Å². The number of imidazole rings is 1. The minimum atomic E-state index is -0.224. The number of amides is 2. The van der Waals surface area contributed by atoms with E-state index in [2.05, 4.69) is 28.7 Å². The van der Waals surface area contributed by atoms with Gasteiger partial charge in [-0.3, -0.25) is 14.5 Å². The van der Waals surface area contributed by atoms with Gasteiger partial charge in [0.2, 0.25) is 5.91 Å². The lowest BCUT2D eigenvalue weighted by atomic mass is 9.86. The molecule has 1 spiro atoms. The number of carbonyl (C=O) groups excluding carboxylic acids is 2. The second-order valence-corrected chi connectivity index (χ2v) is 8.74. The molecule has 2 aromatic rings. The lowest BCUT2D eigenvalue weighted by molar-refractivity contribution is -0.143. The highest BCUT2D eigenvalue weighted by molar-refractivity contribution is 5.93. The maximum atomic E-state index is 12.7. The number of furan rings is 1. The number of likely N-dealkylation sites (N-methyl/N-ethyl adjacent to an activating group) is 1. The lowest BCUT2D eigenvalue weighted by Crippen LogP contribution is -2.64. The Bertz CT molecular complexity index is 938. The normalized spacial score (nSPS) is 19.7. The van der Waals surface area contributed by atoms with Crippen molar-refractivity contribution in [3.63, 3.8) is 0 Å². The van der Waals surface area contributed by atoms with Crippen LogP contribution in [-0.2, 0) is 10.3 Å². The summed E-state index contributed by atoms with van der Waals surface area (Å²) in [6, 6.07) is 1.99. The van der Waals surface area contributed by atoms with E-state index in [0.717, 1.165) is 23.6 Å². The predicted molar refractivity (Wildman–Crippen MR) is 108 cm³/mol. The van der Waals surface area contributed by atoms with Crippen molar-refractivity contribution in [1.29, 1.82) is 0 Å². The van der Waals surface area contributed by atoms with Crippen molar-refractivity contribution in [2.75, 3.05) is 26.7 Å². The van der Waals surface area contributed by atoms with E-state index in [4.69, 9.17) is 4.42 Å². The average Bonchev–Trinajstić information content (AvgIpc) is 3.28. The fraction of sp³-hybridized carbons (Fsp3) is 0.571. The molecule has 0 bridgehead atoms. The van der Waals surface area contributed by atoms with Crippen LogP contribution in [0.4, 0.5) is 0 Å². The van der Waals surface area contributed by atoms with E-state index in [-0.39, 0.29) is 23.4 Å². The SMILES string of the molecule is Cc1cc(C)c(C(=O)NC2CC3(CN(C(=O)CN(C)C(C)C)C3)n3ccnc32)o1. The zero-order chi connectivity index (χ0) is 20.9. The first-order valence-electron chi connectivity index (χ1n) is 10.1. The third-order valence-electron chi connectivity index (χ3n) is 6.22. The third kappa shape index (κ3) is 3.35. The van der Waals surface area contributed by atoms with Crippen molar-refractivity contribution in [2.45, 2.75) is 51.7 Å². The Labute approximate surface area is 170 Å². The topological polar surface area (TPSA) is 83.6 Å². The van der Waals surface area contributed by atoms with Crippen LogP contribution >= 0.6 is 0 Å². The summed E-state index contributed by atoms with van der Waals surface area (Å²) in [6.07, 6.45) is 4.44. The van der Waals surface area contributed by atoms with Crippen LogP contribution in [0.15, 0.2) is 22.9 Å². The van der Waals surface area contributed by atoms with Gasteiger partial charge in [0.25, 0.3) is 5.91 Å². The Morgan fingerprint density at radius 2 is 2.10 bits per heavy atom. The first-order valence-corrected chi connectivity index (χ1v) is 10.1. The molecule has 4 heterocycles. The summed E-state index contributed by atoms with van der Waals surface area (Å²) in [5.41, 5.74) is 0.634. The van der Waals surface area contributed by atoms with E-state index in [9.17, 15) is 9.59 Å². The Balaban J connectivity index is 1.44. The molecule has 0 aliphatic carbocycles. The van der Waals surface area contributed by atoms with Gasteiger partial charge in [-0.25, -0.2) is 4.98 Å². The molecule has 0 radical (unpaired) electrons. The van der Waals surface area contributed by atoms with Crippen LogP contribution < -0.4 is 5.32 Å². The smallest absolute Gasteiger partial charge is 0.287 e. The minimum absolute atomic E-state index is 0.141. The number of likely N-dealkylation sites (tertiary alicyclic amines) is 1. The lowest BCUT2D eigenvalue weighted by Gasteiger charge is -2.49. The zero-order valence-electron chi connectivity index (χ0n) is 17.7. The van der Waals surface area contributed by atoms with E-state index in [1.807, 2.05) is 43.0 Å². The van der Waals surface area contributed by atoms with Crippen LogP contribution in [0.1, 0.15) is 54.0 Å². The van der Waals surface area contributed by atoms with Gasteiger partial charge in [0, 0.05) is 43.5 Å². The van der Waals surface area contributed by atoms with Gasteiger partial charge in [0.15, 0.2) is 5.76 Å². The number of nitrogens with zero attached hydrogens (tertiary/aromatic N) is 4. The number of rotatable bonds is 5. The van der Waals surface area contributed by atoms with Gasteiger partial charge in [0.1, 0.15) is 11.6 Å². The standard InChI is InChI=1S/C21H29N5O3/c1-13(2)24(5)10-17(27)25-11-21(12-25)9-16(19-22-6-7-26(19)21)23-20(28)18-14(3)8-15(4)29-18/h6-8,13,16H,9-12H2,1-5H3,(H,23,28). The van der Waals surface area contributed by atoms with Crippen molar-refractivity contribution < 1.29 is 14.0 Å². The highest BCUT2D eigenvalue weighted by Crippen LogP contribution is 2.44. The van der Waals surface area contributed by atoms with E-state index >= 15 is 0 Å². The number of fused-ring (bicyclic) bond motifs is 2. The van der Waals surface area contributed by atoms with Gasteiger partial charge >= 0.3 is 0 Å². The predicted octanol–water partition coefficient (Wildman–Crippen LogP) is 1.85. The first-order chi connectivity index (χ1) is 13.7. The molecule has 0 aromatic carbocycles. The summed E-state index contributed by atoms with van der Waals surface area (Å²) in [5, 5.41) is 3.08. The highest BCUT2D eigenvalue weighted by atomic mass is 16.3. The Kier molecular flexibility index (Phi) is 4.77. The van der Waals surface area contributed by atoms with Crippen LogP contribution in [0.25, 0.3) is 0 Å². The van der Waals surface area contributed by atoms with Crippen LogP contribution in [0, 0.1) is 13.8 Å². The fourth-order valence-corrected chi connectivity index (χ4v) is 4.37. The summed E-state index contributed by atoms with van der Waals surface area (Å²) >= 11 is 0. The summed E-state index contributed by atoms with van der Waals surface area (Å²) in [5.74, 6) is 1.83. The molecule has 1 unspecified atom stereocenters. The quantitative estimate of drug-likeness (QED) is 0.830. The molecule has 0 saturated carbocycles. The first kappa shape index (κ1) is 19.7. The maximum absolute atomic E-state index is 12.7. The van der Waals surface area contributed by atoms with E-state index in [1.165, 1.54) is 0 Å². The van der Waals surface area contributed by atoms with Crippen molar-refractivity contribution in [3.05, 3.63) is 41.4 Å². The van der Waals surface area contributed by atoms with Gasteiger partial charge in [0.05, 0.1) is 18.1 Å². The molecule has 4 rings (SSSR count). The Morgan fingerprint density at radius 1 is 1.38 bits per heavy atom. The van der Waals surface area contributed by atoms with Crippen molar-refractivity contribution in [2.24, 2.45) is 0 Å². The van der Waals surface area contributed by atoms with Gasteiger partial charge in [-0.05, 0) is 40.8 Å². The molecule has 8 nitrogen and oxygen atoms in total. The molecule has 2 aliphatic heterocycles. The number of aryl methyl sites for hydroxylation is 2. The molecule has 1 atom stereocenters. The molecule has 8 heteroatoms. The zero-order valence-corrected chi connectivity index (χ0v) is 17.7. The van der Waals surface area contributed by atoms with Crippen molar-refractivity contribution in [1.82, 2.24) is 24.7 Å². The largest absolute Gasteiger partial charge is 0.456 e. The second kappa shape index (κ2) is 7.02. The molecule has 1 saturated heterocycles. The van der Waals surface area contributed by atoms with Crippen molar-refractivity contribution >= 4 is 11.8 Å². The highest BCUT2D eigenvalue weighted by Gasteiger charge is 2.53. The van der Waals surface area contributed by atoms with E-state index in [1.54, 1.807) is 6.20 Å². The number of carbonyl (C=O) groups is 2. The van der Waals surface area contributed by atoms with Crippen LogP contribution in [0.5, 0.6) is 0 Å². The monoisotopic (exact) mass is 399 g/mol. The minimum Gasteiger partial charge on any atom is -0.456 e. The third-order valence-corrected chi connectivity index (χ3v) is 6.22. The van der Waals surface area contributed by atoms with Gasteiger partial charge < -0.3 is 19.2 Å². The Hall–Kier alpha value is -2.61. The van der Waals surface area contributed by atoms with E-state index in [0.29, 0.717) is 31.4 Å². The molecule has 2 amide bonds. The molecular weight excluding hydrogens is 370 g/mol. The summed E-state index contributed by atoms with van der Waals surface area (Å²) in [4.78, 5) is 33.7. The van der Waals surface area contributed by atoms with Gasteiger partial charge in [-0.1, -0.05) is 0 Å². The van der Waals surface area contributed by atoms with Gasteiger partial charge in [-0.15, -0.1) is 0 Å². The summed E-state index contributed by atoms with van der Waals surface area (Å²) in [6.45, 7) is 9.56. The maximum Gasteiger partial charge on any atom is 0.287 e. The number of hydrogen-bond donors (Lipinski definition) is 1. The van der Waals surface area contributed by atoms with Crippen LogP contribution in [0.3, 0.4) is 0 Å². The second-order valence-electron chi connectivity index (χ2n) is 8.74. The molecule has 1 N–H and O–H groups in total. The molecule has 1 fully saturated rings. The molecule has 2 aromatic heterocycles. The summed E-state index contributed by atoms with van der Waals surface area (Å²) in [7, 11) is 1.96. The average molecular weight is 399 g/mol. The molecule has 29 heavy (non-hydrogen) atoms. The van der Waals surface area contributed by atoms with E-state index < -0.39 is 0 Å². The Morgan fingerprint density at radius 3 is 2.72 bits per heavy atom. The van der Waals surface area contributed by atoms with Crippen molar-refractivity contribution in [3.8, 4) is 0 Å². The number of nitrogens with one attached hydrogen (secondary N) is 1. The summed E-state index contributed by atoms with van der Waals surface area (Å²) < 4.78 is 7.69. The molecule has 2 aliphatic rings. The molecule has 156 valence electrons. The fourth-order valence-electron chi connectivity index (χ4n) is 4.37. The molecular formula is C21H29N5O3. The number of aromatic nitrogens is 2. The van der Waals surface area contributed by atoms with Crippen LogP contribution in [0.2, 0.25) is 0 Å². The number of hydrogen-bond acceptors (Lipinski definition) is 5. The van der Waals surface area contributed by atoms with Crippen LogP contribution in [-0.4, -0.2) is 63.9 Å².